The first-order chi connectivity index (χ1) is 18.7. The van der Waals surface area contributed by atoms with Crippen molar-refractivity contribution in [3.63, 3.8) is 0 Å². The number of benzene rings is 3. The van der Waals surface area contributed by atoms with E-state index >= 15 is 4.39 Å². The average molecular weight is 543 g/mol. The number of nitrogens with one attached hydrogen (secondary N) is 1. The number of amides is 2. The van der Waals surface area contributed by atoms with E-state index in [0.29, 0.717) is 22.6 Å². The van der Waals surface area contributed by atoms with Crippen LogP contribution in [-0.4, -0.2) is 39.9 Å². The van der Waals surface area contributed by atoms with Gasteiger partial charge in [0.15, 0.2) is 0 Å². The highest BCUT2D eigenvalue weighted by molar-refractivity contribution is 8.00. The Kier molecular flexibility index (Phi) is 7.57. The molecule has 3 aromatic carbocycles. The predicted molar refractivity (Wildman–Crippen MR) is 155 cm³/mol. The number of aryl methyl sites for hydroxylation is 2. The van der Waals surface area contributed by atoms with Crippen molar-refractivity contribution in [3.05, 3.63) is 101 Å². The number of hydrogen-bond acceptors (Lipinski definition) is 4. The Bertz CT molecular complexity index is 1530. The van der Waals surface area contributed by atoms with Gasteiger partial charge in [-0.05, 0) is 45.4 Å². The summed E-state index contributed by atoms with van der Waals surface area (Å²) in [4.78, 5) is 28.3. The Balaban J connectivity index is 1.84. The molecule has 2 amide bonds. The van der Waals surface area contributed by atoms with Gasteiger partial charge >= 0.3 is 0 Å². The number of aromatic nitrogens is 2. The standard InChI is InChI=1S/C31H31FN4O2S/c1-19(2)33-26(37)17-35-27(38)18-39-30(23-12-8-9-13-24(23)32)28-29(22-10-6-5-7-11-22)34-36(31(28)35)25-15-14-20(3)16-21(25)4/h5-16,19,30H,17-18H2,1-4H3,(H,33,37). The van der Waals surface area contributed by atoms with E-state index < -0.39 is 5.25 Å². The quantitative estimate of drug-likeness (QED) is 0.325. The third-order valence-electron chi connectivity index (χ3n) is 6.66. The minimum Gasteiger partial charge on any atom is -0.352 e. The third kappa shape index (κ3) is 5.34. The fraction of sp³-hybridized carbons (Fsp3) is 0.258. The van der Waals surface area contributed by atoms with Gasteiger partial charge in [-0.2, -0.15) is 5.10 Å². The Morgan fingerprint density at radius 1 is 1.08 bits per heavy atom. The maximum Gasteiger partial charge on any atom is 0.240 e. The van der Waals surface area contributed by atoms with Gasteiger partial charge < -0.3 is 5.32 Å². The summed E-state index contributed by atoms with van der Waals surface area (Å²) >= 11 is 1.35. The molecule has 0 spiro atoms. The van der Waals surface area contributed by atoms with E-state index in [1.165, 1.54) is 22.7 Å². The zero-order chi connectivity index (χ0) is 27.7. The summed E-state index contributed by atoms with van der Waals surface area (Å²) in [6.07, 6.45) is 0. The molecule has 0 saturated heterocycles. The van der Waals surface area contributed by atoms with Crippen LogP contribution in [0.4, 0.5) is 10.2 Å². The lowest BCUT2D eigenvalue weighted by Crippen LogP contribution is -2.44. The van der Waals surface area contributed by atoms with Crippen molar-refractivity contribution in [1.82, 2.24) is 15.1 Å². The molecule has 0 fully saturated rings. The molecule has 6 nitrogen and oxygen atoms in total. The average Bonchev–Trinajstić information content (AvgIpc) is 3.21. The molecule has 39 heavy (non-hydrogen) atoms. The van der Waals surface area contributed by atoms with E-state index in [0.717, 1.165) is 22.4 Å². The van der Waals surface area contributed by atoms with Crippen LogP contribution in [0.25, 0.3) is 16.9 Å². The van der Waals surface area contributed by atoms with Gasteiger partial charge in [0.05, 0.1) is 22.4 Å². The van der Waals surface area contributed by atoms with Gasteiger partial charge in [-0.3, -0.25) is 14.5 Å². The molecular weight excluding hydrogens is 511 g/mol. The summed E-state index contributed by atoms with van der Waals surface area (Å²) in [6.45, 7) is 7.61. The minimum atomic E-state index is -0.516. The van der Waals surface area contributed by atoms with Crippen molar-refractivity contribution in [1.29, 1.82) is 0 Å². The number of halogens is 1. The van der Waals surface area contributed by atoms with Crippen molar-refractivity contribution in [2.24, 2.45) is 0 Å². The summed E-state index contributed by atoms with van der Waals surface area (Å²) < 4.78 is 17.1. The van der Waals surface area contributed by atoms with E-state index in [-0.39, 0.29) is 36.0 Å². The molecule has 1 atom stereocenters. The lowest BCUT2D eigenvalue weighted by Gasteiger charge is -2.24. The fourth-order valence-electron chi connectivity index (χ4n) is 4.98. The molecule has 2 heterocycles. The molecule has 4 aromatic rings. The summed E-state index contributed by atoms with van der Waals surface area (Å²) in [5, 5.41) is 7.46. The molecule has 0 saturated carbocycles. The molecule has 0 radical (unpaired) electrons. The van der Waals surface area contributed by atoms with Crippen LogP contribution in [0.5, 0.6) is 0 Å². The largest absolute Gasteiger partial charge is 0.352 e. The maximum absolute atomic E-state index is 15.3. The normalized spacial score (nSPS) is 15.3. The van der Waals surface area contributed by atoms with Crippen LogP contribution in [-0.2, 0) is 9.59 Å². The minimum absolute atomic E-state index is 0.0799. The van der Waals surface area contributed by atoms with Crippen molar-refractivity contribution < 1.29 is 14.0 Å². The third-order valence-corrected chi connectivity index (χ3v) is 7.89. The van der Waals surface area contributed by atoms with Gasteiger partial charge in [-0.15, -0.1) is 11.8 Å². The van der Waals surface area contributed by atoms with Crippen LogP contribution in [0, 0.1) is 19.7 Å². The Morgan fingerprint density at radius 2 is 1.79 bits per heavy atom. The zero-order valence-electron chi connectivity index (χ0n) is 22.4. The summed E-state index contributed by atoms with van der Waals surface area (Å²) in [5.41, 5.74) is 5.54. The second-order valence-corrected chi connectivity index (χ2v) is 11.2. The molecule has 8 heteroatoms. The van der Waals surface area contributed by atoms with Crippen LogP contribution >= 0.6 is 11.8 Å². The second-order valence-electron chi connectivity index (χ2n) is 10.1. The topological polar surface area (TPSA) is 67.2 Å². The highest BCUT2D eigenvalue weighted by atomic mass is 32.2. The van der Waals surface area contributed by atoms with Gasteiger partial charge in [-0.25, -0.2) is 9.07 Å². The molecule has 5 rings (SSSR count). The van der Waals surface area contributed by atoms with Crippen molar-refractivity contribution in [2.45, 2.75) is 39.0 Å². The molecule has 1 N–H and O–H groups in total. The van der Waals surface area contributed by atoms with Gasteiger partial charge in [0.1, 0.15) is 18.2 Å². The van der Waals surface area contributed by atoms with Gasteiger partial charge in [-0.1, -0.05) is 66.2 Å². The zero-order valence-corrected chi connectivity index (χ0v) is 23.3. The van der Waals surface area contributed by atoms with Gasteiger partial charge in [0.2, 0.25) is 11.8 Å². The van der Waals surface area contributed by atoms with Gasteiger partial charge in [0.25, 0.3) is 0 Å². The van der Waals surface area contributed by atoms with E-state index in [1.807, 2.05) is 70.2 Å². The number of hydrogen-bond donors (Lipinski definition) is 1. The van der Waals surface area contributed by atoms with Crippen LogP contribution in [0.15, 0.2) is 72.8 Å². The van der Waals surface area contributed by atoms with Crippen LogP contribution < -0.4 is 10.2 Å². The first-order valence-corrected chi connectivity index (χ1v) is 14.0. The monoisotopic (exact) mass is 542 g/mol. The van der Waals surface area contributed by atoms with Crippen LogP contribution in [0.3, 0.4) is 0 Å². The molecule has 1 unspecified atom stereocenters. The van der Waals surface area contributed by atoms with Crippen LogP contribution in [0.1, 0.15) is 41.4 Å². The SMILES string of the molecule is Cc1ccc(-n2nc(-c3ccccc3)c3c2N(CC(=O)NC(C)C)C(=O)CSC3c2ccccc2F)c(C)c1. The first kappa shape index (κ1) is 26.7. The van der Waals surface area contributed by atoms with Crippen molar-refractivity contribution >= 4 is 29.4 Å². The predicted octanol–water partition coefficient (Wildman–Crippen LogP) is 5.99. The Hall–Kier alpha value is -3.91. The number of thioether (sulfide) groups is 1. The number of nitrogens with zero attached hydrogens (tertiary/aromatic N) is 3. The number of fused-ring (bicyclic) bond motifs is 1. The molecule has 1 aromatic heterocycles. The highest BCUT2D eigenvalue weighted by Crippen LogP contribution is 2.49. The van der Waals surface area contributed by atoms with E-state index in [9.17, 15) is 9.59 Å². The lowest BCUT2D eigenvalue weighted by atomic mass is 9.99. The summed E-state index contributed by atoms with van der Waals surface area (Å²) in [6, 6.07) is 22.3. The van der Waals surface area contributed by atoms with E-state index in [2.05, 4.69) is 11.4 Å². The Morgan fingerprint density at radius 3 is 2.49 bits per heavy atom. The number of anilines is 1. The molecular formula is C31H31FN4O2S. The highest BCUT2D eigenvalue weighted by Gasteiger charge is 2.38. The Labute approximate surface area is 232 Å². The number of rotatable bonds is 6. The first-order valence-electron chi connectivity index (χ1n) is 13.0. The fourth-order valence-corrected chi connectivity index (χ4v) is 6.20. The number of carbonyl (C=O) groups excluding carboxylic acids is 2. The number of carbonyl (C=O) groups is 2. The lowest BCUT2D eigenvalue weighted by molar-refractivity contribution is -0.123. The summed E-state index contributed by atoms with van der Waals surface area (Å²) in [7, 11) is 0. The maximum atomic E-state index is 15.3. The van der Waals surface area contributed by atoms with E-state index in [4.69, 9.17) is 5.10 Å². The van der Waals surface area contributed by atoms with Crippen LogP contribution in [0.2, 0.25) is 0 Å². The molecule has 1 aliphatic rings. The second kappa shape index (κ2) is 11.1. The van der Waals surface area contributed by atoms with Gasteiger partial charge in [0, 0.05) is 22.7 Å². The van der Waals surface area contributed by atoms with Crippen molar-refractivity contribution in [2.75, 3.05) is 17.2 Å². The summed E-state index contributed by atoms with van der Waals surface area (Å²) in [5.74, 6) is -0.275. The smallest absolute Gasteiger partial charge is 0.240 e. The van der Waals surface area contributed by atoms with E-state index in [1.54, 1.807) is 22.9 Å². The molecule has 1 aliphatic heterocycles. The molecule has 0 aliphatic carbocycles. The molecule has 200 valence electrons. The molecule has 0 bridgehead atoms. The van der Waals surface area contributed by atoms with Crippen molar-refractivity contribution in [3.8, 4) is 16.9 Å².